The zero-order valence-corrected chi connectivity index (χ0v) is 12.8. The molecule has 20 heavy (non-hydrogen) atoms. The Kier molecular flexibility index (Phi) is 5.26. The first-order valence-electron chi connectivity index (χ1n) is 7.16. The molecule has 112 valence electrons. The molecule has 0 amide bonds. The van der Waals surface area contributed by atoms with Crippen LogP contribution in [0.15, 0.2) is 18.2 Å². The number of benzene rings is 1. The summed E-state index contributed by atoms with van der Waals surface area (Å²) in [4.78, 5) is 0. The summed E-state index contributed by atoms with van der Waals surface area (Å²) in [6, 6.07) is 7.14. The van der Waals surface area contributed by atoms with Gasteiger partial charge in [-0.1, -0.05) is 6.07 Å². The SMILES string of the molecule is COc1ccc(CC(C)NC2CC(OC)C2)cc1OC. The van der Waals surface area contributed by atoms with Crippen molar-refractivity contribution in [3.8, 4) is 11.5 Å². The van der Waals surface area contributed by atoms with Gasteiger partial charge in [0.2, 0.25) is 0 Å². The van der Waals surface area contributed by atoms with Crippen LogP contribution in [0, 0.1) is 0 Å². The summed E-state index contributed by atoms with van der Waals surface area (Å²) in [5.41, 5.74) is 1.25. The van der Waals surface area contributed by atoms with Crippen LogP contribution in [0.25, 0.3) is 0 Å². The molecule has 1 aliphatic rings. The van der Waals surface area contributed by atoms with Crippen molar-refractivity contribution in [1.29, 1.82) is 0 Å². The average molecular weight is 279 g/mol. The molecule has 0 radical (unpaired) electrons. The summed E-state index contributed by atoms with van der Waals surface area (Å²) in [5, 5.41) is 3.64. The molecule has 4 nitrogen and oxygen atoms in total. The molecule has 0 aliphatic heterocycles. The number of hydrogen-bond donors (Lipinski definition) is 1. The highest BCUT2D eigenvalue weighted by atomic mass is 16.5. The van der Waals surface area contributed by atoms with Crippen LogP contribution >= 0.6 is 0 Å². The highest BCUT2D eigenvalue weighted by molar-refractivity contribution is 5.43. The number of rotatable bonds is 7. The molecule has 1 aromatic rings. The zero-order chi connectivity index (χ0) is 14.5. The van der Waals surface area contributed by atoms with Crippen molar-refractivity contribution < 1.29 is 14.2 Å². The molecule has 1 fully saturated rings. The lowest BCUT2D eigenvalue weighted by molar-refractivity contribution is 0.0148. The van der Waals surface area contributed by atoms with E-state index < -0.39 is 0 Å². The second kappa shape index (κ2) is 6.95. The Hall–Kier alpha value is -1.26. The van der Waals surface area contributed by atoms with Crippen LogP contribution in [0.5, 0.6) is 11.5 Å². The van der Waals surface area contributed by atoms with E-state index in [1.165, 1.54) is 5.56 Å². The minimum atomic E-state index is 0.441. The molecule has 1 aliphatic carbocycles. The molecule has 0 heterocycles. The fourth-order valence-electron chi connectivity index (χ4n) is 2.72. The van der Waals surface area contributed by atoms with Gasteiger partial charge in [-0.05, 0) is 43.9 Å². The van der Waals surface area contributed by atoms with E-state index in [1.807, 2.05) is 6.07 Å². The van der Waals surface area contributed by atoms with Crippen LogP contribution < -0.4 is 14.8 Å². The maximum absolute atomic E-state index is 5.34. The first kappa shape index (κ1) is 15.1. The van der Waals surface area contributed by atoms with Gasteiger partial charge in [0, 0.05) is 19.2 Å². The molecule has 0 bridgehead atoms. The normalized spacial score (nSPS) is 23.0. The molecular formula is C16H25NO3. The van der Waals surface area contributed by atoms with Gasteiger partial charge in [0.25, 0.3) is 0 Å². The Balaban J connectivity index is 1.86. The summed E-state index contributed by atoms with van der Waals surface area (Å²) in [7, 11) is 5.11. The molecule has 1 N–H and O–H groups in total. The van der Waals surface area contributed by atoms with Crippen molar-refractivity contribution in [2.45, 2.75) is 44.4 Å². The first-order valence-corrected chi connectivity index (χ1v) is 7.16. The third-order valence-corrected chi connectivity index (χ3v) is 3.94. The molecule has 4 heteroatoms. The molecule has 2 rings (SSSR count). The van der Waals surface area contributed by atoms with E-state index in [1.54, 1.807) is 21.3 Å². The van der Waals surface area contributed by atoms with Gasteiger partial charge < -0.3 is 19.5 Å². The predicted octanol–water partition coefficient (Wildman–Crippen LogP) is 2.40. The second-order valence-electron chi connectivity index (χ2n) is 5.49. The smallest absolute Gasteiger partial charge is 0.160 e. The Bertz CT molecular complexity index is 430. The van der Waals surface area contributed by atoms with Gasteiger partial charge in [0.15, 0.2) is 11.5 Å². The van der Waals surface area contributed by atoms with Crippen LogP contribution in [0.1, 0.15) is 25.3 Å². The van der Waals surface area contributed by atoms with E-state index in [4.69, 9.17) is 14.2 Å². The van der Waals surface area contributed by atoms with Crippen molar-refractivity contribution in [3.63, 3.8) is 0 Å². The maximum Gasteiger partial charge on any atom is 0.160 e. The fraction of sp³-hybridized carbons (Fsp3) is 0.625. The maximum atomic E-state index is 5.34. The largest absolute Gasteiger partial charge is 0.493 e. The van der Waals surface area contributed by atoms with E-state index in [-0.39, 0.29) is 0 Å². The highest BCUT2D eigenvalue weighted by Gasteiger charge is 2.29. The van der Waals surface area contributed by atoms with E-state index in [0.717, 1.165) is 30.8 Å². The minimum Gasteiger partial charge on any atom is -0.493 e. The molecule has 1 saturated carbocycles. The topological polar surface area (TPSA) is 39.7 Å². The van der Waals surface area contributed by atoms with Crippen LogP contribution in [0.4, 0.5) is 0 Å². The van der Waals surface area contributed by atoms with Crippen molar-refractivity contribution in [3.05, 3.63) is 23.8 Å². The third-order valence-electron chi connectivity index (χ3n) is 3.94. The Morgan fingerprint density at radius 2 is 1.85 bits per heavy atom. The number of methoxy groups -OCH3 is 3. The van der Waals surface area contributed by atoms with Gasteiger partial charge in [-0.3, -0.25) is 0 Å². The molecule has 1 unspecified atom stereocenters. The van der Waals surface area contributed by atoms with Crippen molar-refractivity contribution in [2.75, 3.05) is 21.3 Å². The number of ether oxygens (including phenoxy) is 3. The molecule has 0 aromatic heterocycles. The van der Waals surface area contributed by atoms with Gasteiger partial charge in [0.1, 0.15) is 0 Å². The number of nitrogens with one attached hydrogen (secondary N) is 1. The Labute approximate surface area is 121 Å². The van der Waals surface area contributed by atoms with Gasteiger partial charge in [-0.25, -0.2) is 0 Å². The second-order valence-corrected chi connectivity index (χ2v) is 5.49. The van der Waals surface area contributed by atoms with Crippen LogP contribution in [-0.2, 0) is 11.2 Å². The lowest BCUT2D eigenvalue weighted by Crippen LogP contribution is -2.48. The monoisotopic (exact) mass is 279 g/mol. The van der Waals surface area contributed by atoms with Crippen molar-refractivity contribution >= 4 is 0 Å². The van der Waals surface area contributed by atoms with Crippen LogP contribution in [-0.4, -0.2) is 39.5 Å². The van der Waals surface area contributed by atoms with Gasteiger partial charge >= 0.3 is 0 Å². The van der Waals surface area contributed by atoms with Crippen molar-refractivity contribution in [2.24, 2.45) is 0 Å². The van der Waals surface area contributed by atoms with Crippen LogP contribution in [0.3, 0.4) is 0 Å². The van der Waals surface area contributed by atoms with Gasteiger partial charge in [0.05, 0.1) is 20.3 Å². The Morgan fingerprint density at radius 3 is 2.45 bits per heavy atom. The summed E-state index contributed by atoms with van der Waals surface area (Å²) in [6.07, 6.45) is 3.66. The Morgan fingerprint density at radius 1 is 1.15 bits per heavy atom. The molecular weight excluding hydrogens is 254 g/mol. The first-order chi connectivity index (χ1) is 9.66. The summed E-state index contributed by atoms with van der Waals surface area (Å²) >= 11 is 0. The molecule has 0 spiro atoms. The standard InChI is InChI=1S/C16H25NO3/c1-11(17-13-9-14(10-13)18-2)7-12-5-6-15(19-3)16(8-12)20-4/h5-6,8,11,13-14,17H,7,9-10H2,1-4H3. The third kappa shape index (κ3) is 3.64. The molecule has 1 aromatic carbocycles. The predicted molar refractivity (Wildman–Crippen MR) is 79.7 cm³/mol. The molecule has 1 atom stereocenters. The summed E-state index contributed by atoms with van der Waals surface area (Å²) < 4.78 is 15.9. The van der Waals surface area contributed by atoms with Crippen molar-refractivity contribution in [1.82, 2.24) is 5.32 Å². The van der Waals surface area contributed by atoms with Gasteiger partial charge in [-0.15, -0.1) is 0 Å². The summed E-state index contributed by atoms with van der Waals surface area (Å²) in [5.74, 6) is 1.57. The van der Waals surface area contributed by atoms with E-state index >= 15 is 0 Å². The fourth-order valence-corrected chi connectivity index (χ4v) is 2.72. The van der Waals surface area contributed by atoms with Crippen LogP contribution in [0.2, 0.25) is 0 Å². The highest BCUT2D eigenvalue weighted by Crippen LogP contribution is 2.28. The zero-order valence-electron chi connectivity index (χ0n) is 12.8. The van der Waals surface area contributed by atoms with E-state index in [2.05, 4.69) is 24.4 Å². The average Bonchev–Trinajstić information content (AvgIpc) is 2.42. The minimum absolute atomic E-state index is 0.441. The van der Waals surface area contributed by atoms with E-state index in [9.17, 15) is 0 Å². The number of hydrogen-bond acceptors (Lipinski definition) is 4. The van der Waals surface area contributed by atoms with Gasteiger partial charge in [-0.2, -0.15) is 0 Å². The molecule has 0 saturated heterocycles. The lowest BCUT2D eigenvalue weighted by Gasteiger charge is -2.36. The van der Waals surface area contributed by atoms with E-state index in [0.29, 0.717) is 18.2 Å². The lowest BCUT2D eigenvalue weighted by atomic mass is 9.88. The summed E-state index contributed by atoms with van der Waals surface area (Å²) in [6.45, 7) is 2.22. The quantitative estimate of drug-likeness (QED) is 0.832.